The lowest BCUT2D eigenvalue weighted by atomic mass is 10.2. The molecule has 0 atom stereocenters. The SMILES string of the molecule is CN(C)CCC(=O)c1cnn(C)c1. The molecule has 4 heteroatoms. The number of carbonyl (C=O) groups excluding carboxylic acids is 1. The first kappa shape index (κ1) is 9.92. The molecule has 0 saturated carbocycles. The zero-order chi connectivity index (χ0) is 9.84. The van der Waals surface area contributed by atoms with Crippen LogP contribution in [0.3, 0.4) is 0 Å². The average molecular weight is 181 g/mol. The first-order valence-corrected chi connectivity index (χ1v) is 4.26. The average Bonchev–Trinajstić information content (AvgIpc) is 2.47. The summed E-state index contributed by atoms with van der Waals surface area (Å²) in [4.78, 5) is 13.5. The van der Waals surface area contributed by atoms with Gasteiger partial charge in [0.2, 0.25) is 0 Å². The molecule has 1 aromatic rings. The predicted molar refractivity (Wildman–Crippen MR) is 50.7 cm³/mol. The van der Waals surface area contributed by atoms with Crippen LogP contribution in [0.2, 0.25) is 0 Å². The Morgan fingerprint density at radius 2 is 2.31 bits per heavy atom. The minimum Gasteiger partial charge on any atom is -0.309 e. The Bertz CT molecular complexity index is 291. The number of hydrogen-bond acceptors (Lipinski definition) is 3. The number of ketones is 1. The van der Waals surface area contributed by atoms with Crippen molar-refractivity contribution in [3.63, 3.8) is 0 Å². The maximum atomic E-state index is 11.5. The number of Topliss-reactive ketones (excluding diaryl/α,β-unsaturated/α-hetero) is 1. The van der Waals surface area contributed by atoms with Gasteiger partial charge >= 0.3 is 0 Å². The number of hydrogen-bond donors (Lipinski definition) is 0. The van der Waals surface area contributed by atoms with Gasteiger partial charge in [0, 0.05) is 26.2 Å². The van der Waals surface area contributed by atoms with Gasteiger partial charge in [-0.15, -0.1) is 0 Å². The van der Waals surface area contributed by atoms with Crippen LogP contribution in [0.5, 0.6) is 0 Å². The minimum absolute atomic E-state index is 0.154. The summed E-state index contributed by atoms with van der Waals surface area (Å²) >= 11 is 0. The lowest BCUT2D eigenvalue weighted by molar-refractivity contribution is 0.0972. The molecular formula is C9H15N3O. The van der Waals surface area contributed by atoms with Crippen molar-refractivity contribution in [3.8, 4) is 0 Å². The number of nitrogens with zero attached hydrogens (tertiary/aromatic N) is 3. The van der Waals surface area contributed by atoms with Gasteiger partial charge in [0.15, 0.2) is 5.78 Å². The van der Waals surface area contributed by atoms with E-state index in [1.54, 1.807) is 17.1 Å². The summed E-state index contributed by atoms with van der Waals surface area (Å²) in [6, 6.07) is 0. The Hall–Kier alpha value is -1.16. The van der Waals surface area contributed by atoms with Crippen molar-refractivity contribution in [3.05, 3.63) is 18.0 Å². The Kier molecular flexibility index (Phi) is 3.19. The van der Waals surface area contributed by atoms with Crippen LogP contribution >= 0.6 is 0 Å². The number of rotatable bonds is 4. The van der Waals surface area contributed by atoms with Crippen molar-refractivity contribution in [2.75, 3.05) is 20.6 Å². The predicted octanol–water partition coefficient (Wildman–Crippen LogP) is 0.554. The monoisotopic (exact) mass is 181 g/mol. The van der Waals surface area contributed by atoms with E-state index in [0.29, 0.717) is 12.0 Å². The molecule has 0 aliphatic carbocycles. The van der Waals surface area contributed by atoms with Crippen molar-refractivity contribution >= 4 is 5.78 Å². The Morgan fingerprint density at radius 1 is 1.62 bits per heavy atom. The van der Waals surface area contributed by atoms with Gasteiger partial charge in [-0.3, -0.25) is 9.48 Å². The molecule has 0 aromatic carbocycles. The summed E-state index contributed by atoms with van der Waals surface area (Å²) in [7, 11) is 5.72. The summed E-state index contributed by atoms with van der Waals surface area (Å²) in [6.45, 7) is 0.785. The molecule has 0 saturated heterocycles. The van der Waals surface area contributed by atoms with Crippen LogP contribution < -0.4 is 0 Å². The molecule has 0 aliphatic heterocycles. The van der Waals surface area contributed by atoms with Crippen molar-refractivity contribution in [1.82, 2.24) is 14.7 Å². The second-order valence-electron chi connectivity index (χ2n) is 3.38. The number of carbonyl (C=O) groups is 1. The molecular weight excluding hydrogens is 166 g/mol. The van der Waals surface area contributed by atoms with Gasteiger partial charge in [-0.1, -0.05) is 0 Å². The Balaban J connectivity index is 2.49. The third kappa shape index (κ3) is 2.99. The van der Waals surface area contributed by atoms with Gasteiger partial charge in [0.1, 0.15) is 0 Å². The van der Waals surface area contributed by atoms with Gasteiger partial charge < -0.3 is 4.90 Å². The normalized spacial score (nSPS) is 10.8. The summed E-state index contributed by atoms with van der Waals surface area (Å²) in [5, 5.41) is 3.95. The van der Waals surface area contributed by atoms with E-state index in [1.165, 1.54) is 0 Å². The fraction of sp³-hybridized carbons (Fsp3) is 0.556. The number of aromatic nitrogens is 2. The maximum absolute atomic E-state index is 11.5. The van der Waals surface area contributed by atoms with E-state index in [4.69, 9.17) is 0 Å². The largest absolute Gasteiger partial charge is 0.309 e. The molecule has 0 fully saturated rings. The molecule has 72 valence electrons. The standard InChI is InChI=1S/C9H15N3O/c1-11(2)5-4-9(13)8-6-10-12(3)7-8/h6-7H,4-5H2,1-3H3. The second kappa shape index (κ2) is 4.18. The van der Waals surface area contributed by atoms with Gasteiger partial charge in [0.25, 0.3) is 0 Å². The van der Waals surface area contributed by atoms with Crippen molar-refractivity contribution in [2.45, 2.75) is 6.42 Å². The maximum Gasteiger partial charge on any atom is 0.167 e. The van der Waals surface area contributed by atoms with Gasteiger partial charge in [0.05, 0.1) is 11.8 Å². The molecule has 1 rings (SSSR count). The lowest BCUT2D eigenvalue weighted by Crippen LogP contribution is -2.16. The first-order valence-electron chi connectivity index (χ1n) is 4.26. The van der Waals surface area contributed by atoms with Crippen molar-refractivity contribution in [2.24, 2.45) is 7.05 Å². The molecule has 0 aliphatic rings. The molecule has 1 heterocycles. The molecule has 0 amide bonds. The van der Waals surface area contributed by atoms with Crippen LogP contribution in [-0.4, -0.2) is 41.1 Å². The molecule has 1 aromatic heterocycles. The van der Waals surface area contributed by atoms with E-state index in [2.05, 4.69) is 5.10 Å². The summed E-state index contributed by atoms with van der Waals surface area (Å²) in [5.74, 6) is 0.154. The van der Waals surface area contributed by atoms with E-state index in [0.717, 1.165) is 6.54 Å². The van der Waals surface area contributed by atoms with Crippen LogP contribution in [0.4, 0.5) is 0 Å². The van der Waals surface area contributed by atoms with E-state index >= 15 is 0 Å². The molecule has 0 N–H and O–H groups in total. The Labute approximate surface area is 78.1 Å². The van der Waals surface area contributed by atoms with Crippen molar-refractivity contribution in [1.29, 1.82) is 0 Å². The van der Waals surface area contributed by atoms with E-state index < -0.39 is 0 Å². The van der Waals surface area contributed by atoms with Crippen LogP contribution in [0.25, 0.3) is 0 Å². The van der Waals surface area contributed by atoms with Crippen LogP contribution in [0, 0.1) is 0 Å². The smallest absolute Gasteiger partial charge is 0.167 e. The quantitative estimate of drug-likeness (QED) is 0.637. The van der Waals surface area contributed by atoms with Gasteiger partial charge in [-0.25, -0.2) is 0 Å². The first-order chi connectivity index (χ1) is 6.09. The van der Waals surface area contributed by atoms with E-state index in [9.17, 15) is 4.79 Å². The molecule has 13 heavy (non-hydrogen) atoms. The topological polar surface area (TPSA) is 38.1 Å². The molecule has 0 bridgehead atoms. The molecule has 0 spiro atoms. The Morgan fingerprint density at radius 3 is 2.77 bits per heavy atom. The van der Waals surface area contributed by atoms with Crippen LogP contribution in [-0.2, 0) is 7.05 Å². The van der Waals surface area contributed by atoms with E-state index in [-0.39, 0.29) is 5.78 Å². The zero-order valence-electron chi connectivity index (χ0n) is 8.32. The van der Waals surface area contributed by atoms with Gasteiger partial charge in [-0.05, 0) is 14.1 Å². The fourth-order valence-corrected chi connectivity index (χ4v) is 1.03. The summed E-state index contributed by atoms with van der Waals surface area (Å²) in [6.07, 6.45) is 3.91. The molecule has 4 nitrogen and oxygen atoms in total. The molecule has 0 radical (unpaired) electrons. The second-order valence-corrected chi connectivity index (χ2v) is 3.38. The lowest BCUT2D eigenvalue weighted by Gasteiger charge is -2.06. The highest BCUT2D eigenvalue weighted by Crippen LogP contribution is 2.01. The molecule has 0 unspecified atom stereocenters. The highest BCUT2D eigenvalue weighted by molar-refractivity contribution is 5.95. The zero-order valence-corrected chi connectivity index (χ0v) is 8.32. The van der Waals surface area contributed by atoms with Gasteiger partial charge in [-0.2, -0.15) is 5.10 Å². The van der Waals surface area contributed by atoms with Crippen molar-refractivity contribution < 1.29 is 4.79 Å². The summed E-state index contributed by atoms with van der Waals surface area (Å²) in [5.41, 5.74) is 0.698. The third-order valence-corrected chi connectivity index (χ3v) is 1.81. The van der Waals surface area contributed by atoms with E-state index in [1.807, 2.05) is 26.0 Å². The number of aryl methyl sites for hydroxylation is 1. The minimum atomic E-state index is 0.154. The third-order valence-electron chi connectivity index (χ3n) is 1.81. The summed E-state index contributed by atoms with van der Waals surface area (Å²) < 4.78 is 1.64. The van der Waals surface area contributed by atoms with Crippen LogP contribution in [0.15, 0.2) is 12.4 Å². The highest BCUT2D eigenvalue weighted by Gasteiger charge is 2.07. The fourth-order valence-electron chi connectivity index (χ4n) is 1.03. The van der Waals surface area contributed by atoms with Crippen LogP contribution in [0.1, 0.15) is 16.8 Å². The highest BCUT2D eigenvalue weighted by atomic mass is 16.1.